The molecule has 0 aliphatic heterocycles. The molecule has 0 radical (unpaired) electrons. The van der Waals surface area contributed by atoms with Crippen LogP contribution in [0, 0.1) is 0 Å². The molecular weight excluding hydrogens is 258 g/mol. The highest BCUT2D eigenvalue weighted by Gasteiger charge is 2.19. The molecule has 0 aromatic heterocycles. The van der Waals surface area contributed by atoms with E-state index in [1.807, 2.05) is 6.92 Å². The van der Waals surface area contributed by atoms with E-state index < -0.39 is 0 Å². The van der Waals surface area contributed by atoms with Crippen LogP contribution in [0.15, 0.2) is 42.5 Å². The Bertz CT molecular complexity index is 621. The Kier molecular flexibility index (Phi) is 4.37. The average molecular weight is 281 g/mol. The quantitative estimate of drug-likeness (QED) is 0.739. The van der Waals surface area contributed by atoms with E-state index in [2.05, 4.69) is 54.7 Å². The lowest BCUT2D eigenvalue weighted by Crippen LogP contribution is -2.25. The van der Waals surface area contributed by atoms with Crippen LogP contribution in [0.2, 0.25) is 0 Å². The van der Waals surface area contributed by atoms with Gasteiger partial charge in [0.1, 0.15) is 0 Å². The second-order valence-electron chi connectivity index (χ2n) is 5.52. The fourth-order valence-electron chi connectivity index (χ4n) is 3.14. The van der Waals surface area contributed by atoms with E-state index in [1.54, 1.807) is 0 Å². The van der Waals surface area contributed by atoms with E-state index in [0.29, 0.717) is 0 Å². The molecule has 110 valence electrons. The smallest absolute Gasteiger partial charge is 0.0661 e. The van der Waals surface area contributed by atoms with Crippen molar-refractivity contribution in [2.45, 2.75) is 26.3 Å². The van der Waals surface area contributed by atoms with Crippen LogP contribution < -0.4 is 5.32 Å². The zero-order chi connectivity index (χ0) is 14.7. The van der Waals surface area contributed by atoms with Crippen LogP contribution >= 0.6 is 0 Å². The third kappa shape index (κ3) is 2.87. The summed E-state index contributed by atoms with van der Waals surface area (Å²) in [6.07, 6.45) is 1.05. The van der Waals surface area contributed by atoms with Gasteiger partial charge in [-0.3, -0.25) is 0 Å². The minimum Gasteiger partial charge on any atom is -0.380 e. The standard InChI is InChI=1S/C19H23NO/c1-3-20-19(13-21-4-2)15-9-10-18-16(12-15)11-14-7-5-6-8-17(14)18/h5-10,12,19-20H,3-4,11,13H2,1-2H3. The number of benzene rings is 2. The van der Waals surface area contributed by atoms with Gasteiger partial charge in [-0.1, -0.05) is 49.4 Å². The van der Waals surface area contributed by atoms with Crippen LogP contribution in [-0.2, 0) is 11.2 Å². The van der Waals surface area contributed by atoms with Crippen molar-refractivity contribution in [1.29, 1.82) is 0 Å². The summed E-state index contributed by atoms with van der Waals surface area (Å²) < 4.78 is 5.62. The summed E-state index contributed by atoms with van der Waals surface area (Å²) in [6.45, 7) is 6.63. The lowest BCUT2D eigenvalue weighted by atomic mass is 10.00. The van der Waals surface area contributed by atoms with E-state index in [0.717, 1.165) is 26.2 Å². The number of likely N-dealkylation sites (N-methyl/N-ethyl adjacent to an activating group) is 1. The average Bonchev–Trinajstić information content (AvgIpc) is 2.89. The van der Waals surface area contributed by atoms with Gasteiger partial charge in [-0.05, 0) is 47.7 Å². The third-order valence-corrected chi connectivity index (χ3v) is 4.16. The van der Waals surface area contributed by atoms with Gasteiger partial charge >= 0.3 is 0 Å². The lowest BCUT2D eigenvalue weighted by Gasteiger charge is -2.19. The maximum absolute atomic E-state index is 5.62. The van der Waals surface area contributed by atoms with Crippen molar-refractivity contribution in [2.24, 2.45) is 0 Å². The van der Waals surface area contributed by atoms with E-state index >= 15 is 0 Å². The van der Waals surface area contributed by atoms with Gasteiger partial charge in [0.2, 0.25) is 0 Å². The van der Waals surface area contributed by atoms with Crippen LogP contribution in [0.25, 0.3) is 11.1 Å². The molecule has 2 heteroatoms. The number of ether oxygens (including phenoxy) is 1. The second kappa shape index (κ2) is 6.42. The molecule has 0 saturated carbocycles. The molecule has 21 heavy (non-hydrogen) atoms. The van der Waals surface area contributed by atoms with Crippen LogP contribution in [-0.4, -0.2) is 19.8 Å². The van der Waals surface area contributed by atoms with Gasteiger partial charge in [0, 0.05) is 6.61 Å². The first-order chi connectivity index (χ1) is 10.3. The maximum atomic E-state index is 5.62. The first-order valence-electron chi connectivity index (χ1n) is 7.85. The summed E-state index contributed by atoms with van der Waals surface area (Å²) >= 11 is 0. The number of hydrogen-bond donors (Lipinski definition) is 1. The van der Waals surface area contributed by atoms with Gasteiger partial charge in [-0.25, -0.2) is 0 Å². The number of fused-ring (bicyclic) bond motifs is 3. The monoisotopic (exact) mass is 281 g/mol. The Labute approximate surface area is 127 Å². The van der Waals surface area contributed by atoms with Crippen LogP contribution in [0.1, 0.15) is 36.6 Å². The van der Waals surface area contributed by atoms with Gasteiger partial charge in [-0.15, -0.1) is 0 Å². The van der Waals surface area contributed by atoms with Crippen LogP contribution in [0.3, 0.4) is 0 Å². The summed E-state index contributed by atoms with van der Waals surface area (Å²) in [4.78, 5) is 0. The first-order valence-corrected chi connectivity index (χ1v) is 7.85. The maximum Gasteiger partial charge on any atom is 0.0661 e. The van der Waals surface area contributed by atoms with Gasteiger partial charge in [0.15, 0.2) is 0 Å². The molecule has 0 bridgehead atoms. The van der Waals surface area contributed by atoms with Gasteiger partial charge in [0.25, 0.3) is 0 Å². The number of rotatable bonds is 6. The summed E-state index contributed by atoms with van der Waals surface area (Å²) in [6, 6.07) is 15.9. The zero-order valence-corrected chi connectivity index (χ0v) is 12.9. The van der Waals surface area contributed by atoms with Crippen molar-refractivity contribution >= 4 is 0 Å². The molecular formula is C19H23NO. The fourth-order valence-corrected chi connectivity index (χ4v) is 3.14. The zero-order valence-electron chi connectivity index (χ0n) is 12.9. The van der Waals surface area contributed by atoms with Gasteiger partial charge < -0.3 is 10.1 Å². The van der Waals surface area contributed by atoms with E-state index in [1.165, 1.54) is 27.8 Å². The van der Waals surface area contributed by atoms with Crippen molar-refractivity contribution in [1.82, 2.24) is 5.32 Å². The van der Waals surface area contributed by atoms with Crippen molar-refractivity contribution in [3.05, 3.63) is 59.2 Å². The number of nitrogens with one attached hydrogen (secondary N) is 1. The summed E-state index contributed by atoms with van der Waals surface area (Å²) in [5, 5.41) is 3.52. The van der Waals surface area contributed by atoms with Crippen molar-refractivity contribution in [3.8, 4) is 11.1 Å². The van der Waals surface area contributed by atoms with Crippen molar-refractivity contribution < 1.29 is 4.74 Å². The molecule has 0 heterocycles. The topological polar surface area (TPSA) is 21.3 Å². The van der Waals surface area contributed by atoms with Gasteiger partial charge in [0.05, 0.1) is 12.6 Å². The Hall–Kier alpha value is -1.64. The highest BCUT2D eigenvalue weighted by Crippen LogP contribution is 2.37. The number of hydrogen-bond acceptors (Lipinski definition) is 2. The molecule has 2 aromatic carbocycles. The Morgan fingerprint density at radius 1 is 1.05 bits per heavy atom. The third-order valence-electron chi connectivity index (χ3n) is 4.16. The largest absolute Gasteiger partial charge is 0.380 e. The predicted molar refractivity (Wildman–Crippen MR) is 87.6 cm³/mol. The van der Waals surface area contributed by atoms with Gasteiger partial charge in [-0.2, -0.15) is 0 Å². The van der Waals surface area contributed by atoms with Crippen molar-refractivity contribution in [3.63, 3.8) is 0 Å². The SMILES string of the molecule is CCNC(COCC)c1ccc2c(c1)Cc1ccccc1-2. The molecule has 2 aromatic rings. The van der Waals surface area contributed by atoms with E-state index in [9.17, 15) is 0 Å². The molecule has 0 spiro atoms. The molecule has 1 unspecified atom stereocenters. The van der Waals surface area contributed by atoms with E-state index in [-0.39, 0.29) is 6.04 Å². The van der Waals surface area contributed by atoms with Crippen LogP contribution in [0.4, 0.5) is 0 Å². The van der Waals surface area contributed by atoms with E-state index in [4.69, 9.17) is 4.74 Å². The fraction of sp³-hybridized carbons (Fsp3) is 0.368. The Morgan fingerprint density at radius 2 is 1.86 bits per heavy atom. The second-order valence-corrected chi connectivity index (χ2v) is 5.52. The molecule has 0 saturated heterocycles. The summed E-state index contributed by atoms with van der Waals surface area (Å²) in [5.41, 5.74) is 6.99. The summed E-state index contributed by atoms with van der Waals surface area (Å²) in [5.74, 6) is 0. The normalized spacial score (nSPS) is 13.8. The van der Waals surface area contributed by atoms with Crippen LogP contribution in [0.5, 0.6) is 0 Å². The first kappa shape index (κ1) is 14.3. The molecule has 1 aliphatic carbocycles. The highest BCUT2D eigenvalue weighted by atomic mass is 16.5. The molecule has 0 amide bonds. The highest BCUT2D eigenvalue weighted by molar-refractivity contribution is 5.77. The molecule has 2 nitrogen and oxygen atoms in total. The molecule has 1 N–H and O–H groups in total. The summed E-state index contributed by atoms with van der Waals surface area (Å²) in [7, 11) is 0. The van der Waals surface area contributed by atoms with Crippen molar-refractivity contribution in [2.75, 3.05) is 19.8 Å². The molecule has 0 fully saturated rings. The minimum atomic E-state index is 0.281. The minimum absolute atomic E-state index is 0.281. The lowest BCUT2D eigenvalue weighted by molar-refractivity contribution is 0.123. The molecule has 1 aliphatic rings. The molecule has 3 rings (SSSR count). The molecule has 1 atom stereocenters. The predicted octanol–water partition coefficient (Wildman–Crippen LogP) is 3.94. The Morgan fingerprint density at radius 3 is 2.67 bits per heavy atom. The Balaban J connectivity index is 1.88.